The Balaban J connectivity index is 2.65. The molecule has 3 N–H and O–H groups in total. The van der Waals surface area contributed by atoms with E-state index in [1.807, 2.05) is 0 Å². The zero-order valence-corrected chi connectivity index (χ0v) is 10.9. The summed E-state index contributed by atoms with van der Waals surface area (Å²) < 4.78 is 5.13. The van der Waals surface area contributed by atoms with Gasteiger partial charge in [0.2, 0.25) is 0 Å². The van der Waals surface area contributed by atoms with E-state index in [-0.39, 0.29) is 6.54 Å². The molecule has 2 amide bonds. The second-order valence-corrected chi connectivity index (χ2v) is 4.10. The maximum Gasteiger partial charge on any atom is 0.328 e. The Bertz CT molecular complexity index is 416. The molecule has 0 aliphatic heterocycles. The number of carbonyl (C=O) groups excluding carboxylic acids is 1. The van der Waals surface area contributed by atoms with Gasteiger partial charge in [-0.15, -0.1) is 0 Å². The van der Waals surface area contributed by atoms with Crippen LogP contribution in [-0.2, 0) is 11.3 Å². The molecule has 0 aliphatic carbocycles. The number of rotatable bonds is 6. The molecule has 0 spiro atoms. The normalized spacial score (nSPS) is 13.6. The molecule has 7 heteroatoms. The number of aliphatic hydroxyl groups is 1. The molecule has 7 nitrogen and oxygen atoms in total. The second kappa shape index (κ2) is 6.79. The van der Waals surface area contributed by atoms with Gasteiger partial charge in [0.25, 0.3) is 0 Å². The first-order valence-electron chi connectivity index (χ1n) is 5.94. The zero-order chi connectivity index (χ0) is 14.4. The van der Waals surface area contributed by atoms with E-state index in [1.54, 1.807) is 19.1 Å². The van der Waals surface area contributed by atoms with Crippen molar-refractivity contribution in [1.82, 2.24) is 10.2 Å². The Morgan fingerprint density at radius 3 is 2.63 bits per heavy atom. The molecule has 1 aromatic rings. The molecule has 106 valence electrons. The predicted molar refractivity (Wildman–Crippen MR) is 66.4 cm³/mol. The van der Waals surface area contributed by atoms with E-state index in [9.17, 15) is 14.7 Å². The summed E-state index contributed by atoms with van der Waals surface area (Å²) in [5.41, 5.74) is 0. The topological polar surface area (TPSA) is 103 Å². The number of carboxylic acids is 1. The number of nitrogens with one attached hydrogen (secondary N) is 1. The van der Waals surface area contributed by atoms with E-state index >= 15 is 0 Å². The van der Waals surface area contributed by atoms with E-state index in [2.05, 4.69) is 5.32 Å². The fourth-order valence-corrected chi connectivity index (χ4v) is 1.53. The van der Waals surface area contributed by atoms with Crippen LogP contribution < -0.4 is 5.32 Å². The zero-order valence-electron chi connectivity index (χ0n) is 10.9. The molecule has 1 rings (SSSR count). The van der Waals surface area contributed by atoms with E-state index in [0.717, 1.165) is 0 Å². The number of aliphatic hydroxyl groups excluding tert-OH is 1. The lowest BCUT2D eigenvalue weighted by molar-refractivity contribution is -0.141. The molecular formula is C12H18N2O5. The minimum absolute atomic E-state index is 0.238. The summed E-state index contributed by atoms with van der Waals surface area (Å²) in [6, 6.07) is 1.53. The number of carbonyl (C=O) groups is 2. The summed E-state index contributed by atoms with van der Waals surface area (Å²) in [5, 5.41) is 20.5. The van der Waals surface area contributed by atoms with E-state index in [4.69, 9.17) is 9.52 Å². The molecule has 0 aromatic carbocycles. The average Bonchev–Trinajstić information content (AvgIpc) is 2.84. The standard InChI is InChI=1S/C12H18N2O5/c1-3-14(7-9-5-4-6-19-9)12(18)13-10(8(2)15)11(16)17/h4-6,8,10,15H,3,7H2,1-2H3,(H,13,18)(H,16,17). The third-order valence-corrected chi connectivity index (χ3v) is 2.62. The second-order valence-electron chi connectivity index (χ2n) is 4.10. The Kier molecular flexibility index (Phi) is 5.37. The van der Waals surface area contributed by atoms with Crippen molar-refractivity contribution in [2.45, 2.75) is 32.5 Å². The maximum atomic E-state index is 11.9. The van der Waals surface area contributed by atoms with Gasteiger partial charge in [0.1, 0.15) is 5.76 Å². The first-order chi connectivity index (χ1) is 8.95. The average molecular weight is 270 g/mol. The highest BCUT2D eigenvalue weighted by Crippen LogP contribution is 2.06. The smallest absolute Gasteiger partial charge is 0.328 e. The Hall–Kier alpha value is -2.02. The van der Waals surface area contributed by atoms with Crippen LogP contribution in [0.1, 0.15) is 19.6 Å². The Morgan fingerprint density at radius 2 is 2.21 bits per heavy atom. The number of aliphatic carboxylic acids is 1. The lowest BCUT2D eigenvalue weighted by Crippen LogP contribution is -2.52. The van der Waals surface area contributed by atoms with Crippen molar-refractivity contribution in [2.24, 2.45) is 0 Å². The van der Waals surface area contributed by atoms with Gasteiger partial charge in [-0.1, -0.05) is 0 Å². The van der Waals surface area contributed by atoms with Gasteiger partial charge in [-0.3, -0.25) is 0 Å². The molecule has 0 saturated heterocycles. The number of hydrogen-bond acceptors (Lipinski definition) is 4. The third-order valence-electron chi connectivity index (χ3n) is 2.62. The van der Waals surface area contributed by atoms with Crippen LogP contribution in [0, 0.1) is 0 Å². The lowest BCUT2D eigenvalue weighted by Gasteiger charge is -2.24. The summed E-state index contributed by atoms with van der Waals surface area (Å²) in [6.07, 6.45) is 0.320. The molecule has 1 aromatic heterocycles. The molecule has 0 bridgehead atoms. The van der Waals surface area contributed by atoms with Crippen molar-refractivity contribution >= 4 is 12.0 Å². The fourth-order valence-electron chi connectivity index (χ4n) is 1.53. The minimum atomic E-state index is -1.34. The number of urea groups is 1. The van der Waals surface area contributed by atoms with Crippen LogP contribution in [0.5, 0.6) is 0 Å². The van der Waals surface area contributed by atoms with Gasteiger partial charge in [0.15, 0.2) is 6.04 Å². The molecule has 1 heterocycles. The molecule has 0 radical (unpaired) electrons. The summed E-state index contributed by atoms with van der Waals surface area (Å²) in [6.45, 7) is 3.70. The largest absolute Gasteiger partial charge is 0.480 e. The number of furan rings is 1. The van der Waals surface area contributed by atoms with Crippen molar-refractivity contribution in [1.29, 1.82) is 0 Å². The van der Waals surface area contributed by atoms with Crippen LogP contribution in [0.2, 0.25) is 0 Å². The van der Waals surface area contributed by atoms with Gasteiger partial charge < -0.3 is 24.8 Å². The number of carboxylic acid groups (broad SMARTS) is 1. The highest BCUT2D eigenvalue weighted by molar-refractivity contribution is 5.83. The van der Waals surface area contributed by atoms with Crippen LogP contribution in [0.3, 0.4) is 0 Å². The van der Waals surface area contributed by atoms with E-state index in [0.29, 0.717) is 12.3 Å². The molecule has 0 aliphatic rings. The SMILES string of the molecule is CCN(Cc1ccco1)C(=O)NC(C(=O)O)C(C)O. The van der Waals surface area contributed by atoms with Gasteiger partial charge in [-0.05, 0) is 26.0 Å². The van der Waals surface area contributed by atoms with Gasteiger partial charge >= 0.3 is 12.0 Å². The number of amides is 2. The molecular weight excluding hydrogens is 252 g/mol. The third kappa shape index (κ3) is 4.29. The van der Waals surface area contributed by atoms with Gasteiger partial charge in [-0.25, -0.2) is 9.59 Å². The van der Waals surface area contributed by atoms with Crippen LogP contribution in [0.4, 0.5) is 4.79 Å². The van der Waals surface area contributed by atoms with Crippen LogP contribution in [0.15, 0.2) is 22.8 Å². The monoisotopic (exact) mass is 270 g/mol. The van der Waals surface area contributed by atoms with Crippen molar-refractivity contribution < 1.29 is 24.2 Å². The fraction of sp³-hybridized carbons (Fsp3) is 0.500. The molecule has 0 saturated carbocycles. The maximum absolute atomic E-state index is 11.9. The quantitative estimate of drug-likeness (QED) is 0.704. The van der Waals surface area contributed by atoms with Gasteiger partial charge in [0, 0.05) is 6.54 Å². The van der Waals surface area contributed by atoms with Crippen molar-refractivity contribution in [3.63, 3.8) is 0 Å². The van der Waals surface area contributed by atoms with Crippen LogP contribution in [0.25, 0.3) is 0 Å². The Labute approximate surface area is 110 Å². The predicted octanol–water partition coefficient (Wildman–Crippen LogP) is 0.645. The van der Waals surface area contributed by atoms with E-state index in [1.165, 1.54) is 18.1 Å². The first-order valence-corrected chi connectivity index (χ1v) is 5.94. The molecule has 19 heavy (non-hydrogen) atoms. The van der Waals surface area contributed by atoms with Gasteiger partial charge in [0.05, 0.1) is 18.9 Å². The highest BCUT2D eigenvalue weighted by atomic mass is 16.4. The lowest BCUT2D eigenvalue weighted by atomic mass is 10.2. The van der Waals surface area contributed by atoms with Crippen molar-refractivity contribution in [3.8, 4) is 0 Å². The number of hydrogen-bond donors (Lipinski definition) is 3. The summed E-state index contributed by atoms with van der Waals surface area (Å²) in [5.74, 6) is -0.682. The summed E-state index contributed by atoms with van der Waals surface area (Å²) >= 11 is 0. The first kappa shape index (κ1) is 15.0. The van der Waals surface area contributed by atoms with Crippen molar-refractivity contribution in [2.75, 3.05) is 6.54 Å². The summed E-state index contributed by atoms with van der Waals surface area (Å²) in [4.78, 5) is 24.2. The molecule has 2 unspecified atom stereocenters. The van der Waals surface area contributed by atoms with Gasteiger partial charge in [-0.2, -0.15) is 0 Å². The Morgan fingerprint density at radius 1 is 1.53 bits per heavy atom. The highest BCUT2D eigenvalue weighted by Gasteiger charge is 2.27. The summed E-state index contributed by atoms with van der Waals surface area (Å²) in [7, 11) is 0. The molecule has 0 fully saturated rings. The molecule has 2 atom stereocenters. The van der Waals surface area contributed by atoms with Crippen molar-refractivity contribution in [3.05, 3.63) is 24.2 Å². The number of nitrogens with zero attached hydrogens (tertiary/aromatic N) is 1. The van der Waals surface area contributed by atoms with E-state index < -0.39 is 24.1 Å². The van der Waals surface area contributed by atoms with Crippen LogP contribution in [-0.4, -0.2) is 45.8 Å². The van der Waals surface area contributed by atoms with Crippen LogP contribution >= 0.6 is 0 Å². The minimum Gasteiger partial charge on any atom is -0.480 e.